The number of benzene rings is 1. The molecule has 2 saturated carbocycles. The third-order valence-corrected chi connectivity index (χ3v) is 7.03. The summed E-state index contributed by atoms with van der Waals surface area (Å²) in [5.74, 6) is 1.21. The predicted molar refractivity (Wildman–Crippen MR) is 108 cm³/mol. The summed E-state index contributed by atoms with van der Waals surface area (Å²) in [4.78, 5) is 21.4. The number of piperidine rings is 1. The number of hydrogen-bond donors (Lipinski definition) is 0. The maximum atomic E-state index is 13.5. The van der Waals surface area contributed by atoms with Crippen molar-refractivity contribution in [1.82, 2.24) is 24.9 Å². The highest BCUT2D eigenvalue weighted by Crippen LogP contribution is 2.71. The molecule has 0 N–H and O–H groups in total. The summed E-state index contributed by atoms with van der Waals surface area (Å²) in [5.41, 5.74) is 1.56. The normalized spacial score (nSPS) is 29.0. The number of nitrogens with zero attached hydrogens (tertiary/aromatic N) is 5. The standard InChI is InChI=1S/C21H18BrN5O2/c22-14-5-6-18(23-11-14)29-17-10-21-9-13(21)12-26(19(17)21)20(28)15-3-1-2-4-16(15)27-24-7-8-25-27/h1-8,11,13,17,19H,9-10,12H2. The number of pyridine rings is 1. The third-order valence-electron chi connectivity index (χ3n) is 6.56. The van der Waals surface area contributed by atoms with Gasteiger partial charge in [0, 0.05) is 28.7 Å². The first-order chi connectivity index (χ1) is 14.2. The minimum Gasteiger partial charge on any atom is -0.472 e. The van der Waals surface area contributed by atoms with Crippen LogP contribution in [0.2, 0.25) is 0 Å². The lowest BCUT2D eigenvalue weighted by atomic mass is 9.73. The first-order valence-electron chi connectivity index (χ1n) is 9.71. The monoisotopic (exact) mass is 451 g/mol. The van der Waals surface area contributed by atoms with Crippen molar-refractivity contribution in [2.24, 2.45) is 11.3 Å². The molecule has 6 rings (SSSR count). The van der Waals surface area contributed by atoms with Crippen LogP contribution in [0.25, 0.3) is 5.69 Å². The van der Waals surface area contributed by atoms with Crippen molar-refractivity contribution in [2.75, 3.05) is 6.54 Å². The Morgan fingerprint density at radius 1 is 1.14 bits per heavy atom. The van der Waals surface area contributed by atoms with Crippen LogP contribution in [0.4, 0.5) is 0 Å². The number of rotatable bonds is 4. The molecule has 3 heterocycles. The van der Waals surface area contributed by atoms with Crippen LogP contribution in [0.5, 0.6) is 5.88 Å². The molecule has 0 radical (unpaired) electrons. The summed E-state index contributed by atoms with van der Waals surface area (Å²) in [5, 5.41) is 8.40. The Morgan fingerprint density at radius 2 is 1.97 bits per heavy atom. The van der Waals surface area contributed by atoms with Crippen molar-refractivity contribution in [3.63, 3.8) is 0 Å². The van der Waals surface area contributed by atoms with E-state index in [0.29, 0.717) is 23.0 Å². The van der Waals surface area contributed by atoms with Gasteiger partial charge in [0.25, 0.3) is 5.91 Å². The number of aromatic nitrogens is 4. The van der Waals surface area contributed by atoms with Crippen LogP contribution in [0.3, 0.4) is 0 Å². The minimum absolute atomic E-state index is 0.0184. The van der Waals surface area contributed by atoms with Gasteiger partial charge >= 0.3 is 0 Å². The van der Waals surface area contributed by atoms with Crippen molar-refractivity contribution in [3.8, 4) is 11.6 Å². The Balaban J connectivity index is 1.28. The molecule has 1 spiro atoms. The first-order valence-corrected chi connectivity index (χ1v) is 10.5. The van der Waals surface area contributed by atoms with Gasteiger partial charge in [0.1, 0.15) is 6.10 Å². The zero-order valence-corrected chi connectivity index (χ0v) is 17.1. The van der Waals surface area contributed by atoms with E-state index in [1.807, 2.05) is 41.3 Å². The molecule has 4 atom stereocenters. The number of halogens is 1. The molecule has 29 heavy (non-hydrogen) atoms. The topological polar surface area (TPSA) is 73.1 Å². The van der Waals surface area contributed by atoms with Gasteiger partial charge in [-0.2, -0.15) is 15.0 Å². The summed E-state index contributed by atoms with van der Waals surface area (Å²) in [6.07, 6.45) is 7.12. The van der Waals surface area contributed by atoms with Gasteiger partial charge in [0.15, 0.2) is 0 Å². The van der Waals surface area contributed by atoms with Gasteiger partial charge in [0.2, 0.25) is 5.88 Å². The zero-order valence-electron chi connectivity index (χ0n) is 15.5. The first kappa shape index (κ1) is 17.1. The fourth-order valence-corrected chi connectivity index (χ4v) is 5.40. The summed E-state index contributed by atoms with van der Waals surface area (Å²) in [7, 11) is 0. The van der Waals surface area contributed by atoms with Crippen molar-refractivity contribution >= 4 is 21.8 Å². The molecule has 1 aliphatic heterocycles. The van der Waals surface area contributed by atoms with Crippen LogP contribution in [-0.4, -0.2) is 49.5 Å². The Bertz CT molecular complexity index is 1090. The van der Waals surface area contributed by atoms with E-state index in [1.165, 1.54) is 11.2 Å². The molecule has 4 unspecified atom stereocenters. The lowest BCUT2D eigenvalue weighted by Gasteiger charge is -2.47. The van der Waals surface area contributed by atoms with Crippen LogP contribution < -0.4 is 4.74 Å². The van der Waals surface area contributed by atoms with Crippen LogP contribution in [0.15, 0.2) is 59.5 Å². The van der Waals surface area contributed by atoms with Crippen LogP contribution in [0.1, 0.15) is 23.2 Å². The van der Waals surface area contributed by atoms with E-state index < -0.39 is 0 Å². The van der Waals surface area contributed by atoms with Crippen LogP contribution >= 0.6 is 15.9 Å². The Morgan fingerprint density at radius 3 is 2.76 bits per heavy atom. The van der Waals surface area contributed by atoms with Crippen molar-refractivity contribution in [3.05, 3.63) is 65.0 Å². The molecule has 1 saturated heterocycles. The van der Waals surface area contributed by atoms with Gasteiger partial charge < -0.3 is 9.64 Å². The van der Waals surface area contributed by atoms with E-state index in [9.17, 15) is 4.79 Å². The lowest BCUT2D eigenvalue weighted by Crippen LogP contribution is -2.59. The van der Waals surface area contributed by atoms with Crippen molar-refractivity contribution in [1.29, 1.82) is 0 Å². The molecular formula is C21H18BrN5O2. The maximum absolute atomic E-state index is 13.5. The number of ether oxygens (including phenoxy) is 1. The fraction of sp³-hybridized carbons (Fsp3) is 0.333. The number of carbonyl (C=O) groups is 1. The van der Waals surface area contributed by atoms with Crippen LogP contribution in [0, 0.1) is 11.3 Å². The molecule has 3 fully saturated rings. The molecule has 2 aliphatic carbocycles. The molecule has 8 heteroatoms. The second-order valence-corrected chi connectivity index (χ2v) is 8.96. The zero-order chi connectivity index (χ0) is 19.6. The van der Waals surface area contributed by atoms with E-state index in [1.54, 1.807) is 18.6 Å². The quantitative estimate of drug-likeness (QED) is 0.609. The van der Waals surface area contributed by atoms with Gasteiger partial charge in [-0.05, 0) is 52.9 Å². The molecule has 1 aromatic carbocycles. The van der Waals surface area contributed by atoms with Gasteiger partial charge in [-0.15, -0.1) is 0 Å². The molecule has 0 bridgehead atoms. The summed E-state index contributed by atoms with van der Waals surface area (Å²) in [6, 6.07) is 11.4. The molecule has 7 nitrogen and oxygen atoms in total. The highest BCUT2D eigenvalue weighted by atomic mass is 79.9. The summed E-state index contributed by atoms with van der Waals surface area (Å²) < 4.78 is 7.09. The second-order valence-electron chi connectivity index (χ2n) is 8.05. The molecule has 2 aromatic heterocycles. The molecule has 3 aromatic rings. The summed E-state index contributed by atoms with van der Waals surface area (Å²) >= 11 is 3.40. The van der Waals surface area contributed by atoms with Gasteiger partial charge in [-0.3, -0.25) is 4.79 Å². The minimum atomic E-state index is -0.0184. The van der Waals surface area contributed by atoms with Gasteiger partial charge in [0.05, 0.1) is 29.7 Å². The average Bonchev–Trinajstić information content (AvgIpc) is 3.10. The third kappa shape index (κ3) is 2.55. The SMILES string of the molecule is O=C(c1ccccc1-n1nccn1)N1CC2CC23CC(Oc2ccc(Br)cn2)C13. The van der Waals surface area contributed by atoms with Crippen LogP contribution in [-0.2, 0) is 0 Å². The Hall–Kier alpha value is -2.74. The van der Waals surface area contributed by atoms with E-state index in [0.717, 1.165) is 17.4 Å². The Labute approximate surface area is 175 Å². The predicted octanol–water partition coefficient (Wildman–Crippen LogP) is 3.11. The Kier molecular flexibility index (Phi) is 3.62. The second kappa shape index (κ2) is 6.13. The smallest absolute Gasteiger partial charge is 0.256 e. The lowest BCUT2D eigenvalue weighted by molar-refractivity contribution is -0.0345. The number of para-hydroxylation sites is 1. The van der Waals surface area contributed by atoms with Crippen molar-refractivity contribution in [2.45, 2.75) is 25.0 Å². The highest BCUT2D eigenvalue weighted by molar-refractivity contribution is 9.10. The molecular weight excluding hydrogens is 434 g/mol. The van der Waals surface area contributed by atoms with Crippen molar-refractivity contribution < 1.29 is 9.53 Å². The molecule has 3 aliphatic rings. The van der Waals surface area contributed by atoms with E-state index in [2.05, 4.69) is 31.1 Å². The average molecular weight is 452 g/mol. The number of hydrogen-bond acceptors (Lipinski definition) is 5. The summed E-state index contributed by atoms with van der Waals surface area (Å²) in [6.45, 7) is 0.790. The van der Waals surface area contributed by atoms with Gasteiger partial charge in [-0.25, -0.2) is 4.98 Å². The molecule has 146 valence electrons. The largest absolute Gasteiger partial charge is 0.472 e. The fourth-order valence-electron chi connectivity index (χ4n) is 5.16. The van der Waals surface area contributed by atoms with E-state index >= 15 is 0 Å². The molecule has 1 amide bonds. The maximum Gasteiger partial charge on any atom is 0.256 e. The van der Waals surface area contributed by atoms with Gasteiger partial charge in [-0.1, -0.05) is 12.1 Å². The number of likely N-dealkylation sites (tertiary alicyclic amines) is 1. The number of amides is 1. The number of carbonyl (C=O) groups excluding carboxylic acids is 1. The highest BCUT2D eigenvalue weighted by Gasteiger charge is 2.76. The van der Waals surface area contributed by atoms with E-state index in [4.69, 9.17) is 4.74 Å². The van der Waals surface area contributed by atoms with E-state index in [-0.39, 0.29) is 23.5 Å².